The molecule has 0 unspecified atom stereocenters. The van der Waals surface area contributed by atoms with E-state index in [1.807, 2.05) is 36.4 Å². The highest BCUT2D eigenvalue weighted by Gasteiger charge is 2.16. The molecule has 1 aromatic heterocycles. The van der Waals surface area contributed by atoms with Crippen molar-refractivity contribution in [2.75, 3.05) is 51.8 Å². The van der Waals surface area contributed by atoms with E-state index >= 15 is 0 Å². The maximum Gasteiger partial charge on any atom is 0.269 e. The summed E-state index contributed by atoms with van der Waals surface area (Å²) in [5, 5.41) is 2.95. The number of piperazine rings is 1. The van der Waals surface area contributed by atoms with Crippen molar-refractivity contribution < 1.29 is 9.53 Å². The number of nitrogens with one attached hydrogen (secondary N) is 1. The molecule has 0 spiro atoms. The number of hydrogen-bond donors (Lipinski definition) is 1. The van der Waals surface area contributed by atoms with E-state index in [0.717, 1.165) is 49.6 Å². The van der Waals surface area contributed by atoms with Crippen LogP contribution in [0.2, 0.25) is 0 Å². The lowest BCUT2D eigenvalue weighted by Gasteiger charge is -2.34. The van der Waals surface area contributed by atoms with Crippen LogP contribution in [0.15, 0.2) is 42.6 Å². The van der Waals surface area contributed by atoms with Gasteiger partial charge in [-0.15, -0.1) is 0 Å². The molecule has 2 aromatic rings. The SMILES string of the molecule is COc1ccc(CCNC(=O)c2cc(N3CCN(C)CC3)ccn2)cc1. The van der Waals surface area contributed by atoms with Gasteiger partial charge in [-0.2, -0.15) is 0 Å². The van der Waals surface area contributed by atoms with Crippen LogP contribution in [-0.2, 0) is 6.42 Å². The smallest absolute Gasteiger partial charge is 0.269 e. The summed E-state index contributed by atoms with van der Waals surface area (Å²) in [6.45, 7) is 4.58. The second-order valence-electron chi connectivity index (χ2n) is 6.54. The van der Waals surface area contributed by atoms with E-state index in [9.17, 15) is 4.79 Å². The van der Waals surface area contributed by atoms with Gasteiger partial charge in [-0.25, -0.2) is 0 Å². The van der Waals surface area contributed by atoms with Crippen LogP contribution in [0.3, 0.4) is 0 Å². The summed E-state index contributed by atoms with van der Waals surface area (Å²) in [6, 6.07) is 11.7. The summed E-state index contributed by atoms with van der Waals surface area (Å²) >= 11 is 0. The molecule has 1 amide bonds. The minimum atomic E-state index is -0.130. The number of benzene rings is 1. The van der Waals surface area contributed by atoms with Gasteiger partial charge in [0.1, 0.15) is 11.4 Å². The Labute approximate surface area is 154 Å². The van der Waals surface area contributed by atoms with E-state index in [1.165, 1.54) is 0 Å². The number of ether oxygens (including phenoxy) is 1. The lowest BCUT2D eigenvalue weighted by molar-refractivity contribution is 0.0949. The molecular weight excluding hydrogens is 328 g/mol. The molecule has 1 N–H and O–H groups in total. The maximum atomic E-state index is 12.4. The maximum absolute atomic E-state index is 12.4. The zero-order chi connectivity index (χ0) is 18.4. The topological polar surface area (TPSA) is 57.7 Å². The molecule has 1 saturated heterocycles. The fourth-order valence-electron chi connectivity index (χ4n) is 3.01. The van der Waals surface area contributed by atoms with Crippen LogP contribution in [0.5, 0.6) is 5.75 Å². The van der Waals surface area contributed by atoms with Crippen LogP contribution < -0.4 is 15.0 Å². The van der Waals surface area contributed by atoms with Crippen molar-refractivity contribution in [1.82, 2.24) is 15.2 Å². The Bertz CT molecular complexity index is 725. The first-order valence-electron chi connectivity index (χ1n) is 8.96. The van der Waals surface area contributed by atoms with Crippen LogP contribution in [0.25, 0.3) is 0 Å². The number of aromatic nitrogens is 1. The van der Waals surface area contributed by atoms with E-state index in [4.69, 9.17) is 4.74 Å². The van der Waals surface area contributed by atoms with Gasteiger partial charge >= 0.3 is 0 Å². The van der Waals surface area contributed by atoms with Gasteiger partial charge in [0.25, 0.3) is 5.91 Å². The molecule has 6 nitrogen and oxygen atoms in total. The van der Waals surface area contributed by atoms with Gasteiger partial charge in [0.2, 0.25) is 0 Å². The highest BCUT2D eigenvalue weighted by Crippen LogP contribution is 2.16. The molecule has 0 aliphatic carbocycles. The Morgan fingerprint density at radius 3 is 2.58 bits per heavy atom. The number of hydrogen-bond acceptors (Lipinski definition) is 5. The third-order valence-corrected chi connectivity index (χ3v) is 4.70. The second-order valence-corrected chi connectivity index (χ2v) is 6.54. The molecule has 0 radical (unpaired) electrons. The molecule has 6 heteroatoms. The van der Waals surface area contributed by atoms with Crippen molar-refractivity contribution in [1.29, 1.82) is 0 Å². The first-order chi connectivity index (χ1) is 12.7. The van der Waals surface area contributed by atoms with Crippen LogP contribution in [0, 0.1) is 0 Å². The largest absolute Gasteiger partial charge is 0.497 e. The summed E-state index contributed by atoms with van der Waals surface area (Å²) in [4.78, 5) is 21.2. The predicted octanol–water partition coefficient (Wildman–Crippen LogP) is 1.81. The molecule has 0 atom stereocenters. The molecule has 1 aromatic carbocycles. The van der Waals surface area contributed by atoms with Crippen LogP contribution in [0.4, 0.5) is 5.69 Å². The minimum absolute atomic E-state index is 0.130. The quantitative estimate of drug-likeness (QED) is 0.857. The lowest BCUT2D eigenvalue weighted by atomic mass is 10.1. The Kier molecular flexibility index (Phi) is 6.07. The van der Waals surface area contributed by atoms with E-state index in [1.54, 1.807) is 13.3 Å². The summed E-state index contributed by atoms with van der Waals surface area (Å²) in [7, 11) is 3.78. The Morgan fingerprint density at radius 2 is 1.88 bits per heavy atom. The molecule has 0 bridgehead atoms. The van der Waals surface area contributed by atoms with Crippen LogP contribution in [-0.4, -0.2) is 62.7 Å². The standard InChI is InChI=1S/C20H26N4O2/c1-23-11-13-24(14-12-23)17-8-10-21-19(15-17)20(25)22-9-7-16-3-5-18(26-2)6-4-16/h3-6,8,10,15H,7,9,11-14H2,1-2H3,(H,22,25). The molecule has 26 heavy (non-hydrogen) atoms. The van der Waals surface area contributed by atoms with Gasteiger partial charge in [-0.3, -0.25) is 9.78 Å². The molecular formula is C20H26N4O2. The third kappa shape index (κ3) is 4.73. The number of rotatable bonds is 6. The summed E-state index contributed by atoms with van der Waals surface area (Å²) < 4.78 is 5.15. The van der Waals surface area contributed by atoms with Crippen molar-refractivity contribution in [3.8, 4) is 5.75 Å². The number of anilines is 1. The number of pyridine rings is 1. The van der Waals surface area contributed by atoms with Crippen molar-refractivity contribution in [2.24, 2.45) is 0 Å². The Hall–Kier alpha value is -2.60. The molecule has 1 aliphatic rings. The van der Waals surface area contributed by atoms with E-state index in [2.05, 4.69) is 27.1 Å². The van der Waals surface area contributed by atoms with Gasteiger partial charge in [-0.1, -0.05) is 12.1 Å². The first-order valence-corrected chi connectivity index (χ1v) is 8.96. The zero-order valence-corrected chi connectivity index (χ0v) is 15.4. The van der Waals surface area contributed by atoms with Gasteiger partial charge in [0.05, 0.1) is 7.11 Å². The first kappa shape index (κ1) is 18.2. The highest BCUT2D eigenvalue weighted by atomic mass is 16.5. The normalized spacial score (nSPS) is 14.9. The zero-order valence-electron chi connectivity index (χ0n) is 15.4. The fraction of sp³-hybridized carbons (Fsp3) is 0.400. The second kappa shape index (κ2) is 8.67. The van der Waals surface area contributed by atoms with Gasteiger partial charge in [0.15, 0.2) is 0 Å². The monoisotopic (exact) mass is 354 g/mol. The minimum Gasteiger partial charge on any atom is -0.497 e. The number of carbonyl (C=O) groups is 1. The average Bonchev–Trinajstić information content (AvgIpc) is 2.69. The van der Waals surface area contributed by atoms with Crippen molar-refractivity contribution in [3.63, 3.8) is 0 Å². The third-order valence-electron chi connectivity index (χ3n) is 4.70. The highest BCUT2D eigenvalue weighted by molar-refractivity contribution is 5.93. The number of amides is 1. The van der Waals surface area contributed by atoms with Crippen molar-refractivity contribution in [3.05, 3.63) is 53.9 Å². The van der Waals surface area contributed by atoms with Crippen LogP contribution in [0.1, 0.15) is 16.1 Å². The number of carbonyl (C=O) groups excluding carboxylic acids is 1. The van der Waals surface area contributed by atoms with Gasteiger partial charge in [0, 0.05) is 44.6 Å². The molecule has 0 saturated carbocycles. The number of nitrogens with zero attached hydrogens (tertiary/aromatic N) is 3. The number of likely N-dealkylation sites (N-methyl/N-ethyl adjacent to an activating group) is 1. The van der Waals surface area contributed by atoms with Crippen molar-refractivity contribution >= 4 is 11.6 Å². The average molecular weight is 354 g/mol. The fourth-order valence-corrected chi connectivity index (χ4v) is 3.01. The molecule has 138 valence electrons. The molecule has 1 fully saturated rings. The van der Waals surface area contributed by atoms with Gasteiger partial charge in [-0.05, 0) is 43.3 Å². The van der Waals surface area contributed by atoms with E-state index < -0.39 is 0 Å². The van der Waals surface area contributed by atoms with Gasteiger partial charge < -0.3 is 19.9 Å². The predicted molar refractivity (Wildman–Crippen MR) is 103 cm³/mol. The molecule has 2 heterocycles. The van der Waals surface area contributed by atoms with E-state index in [0.29, 0.717) is 12.2 Å². The van der Waals surface area contributed by atoms with Crippen molar-refractivity contribution in [2.45, 2.75) is 6.42 Å². The number of methoxy groups -OCH3 is 1. The van der Waals surface area contributed by atoms with E-state index in [-0.39, 0.29) is 5.91 Å². The Balaban J connectivity index is 1.53. The van der Waals surface area contributed by atoms with Crippen LogP contribution >= 0.6 is 0 Å². The Morgan fingerprint density at radius 1 is 1.15 bits per heavy atom. The summed E-state index contributed by atoms with van der Waals surface area (Å²) in [5.74, 6) is 0.706. The summed E-state index contributed by atoms with van der Waals surface area (Å²) in [6.07, 6.45) is 2.49. The summed E-state index contributed by atoms with van der Waals surface area (Å²) in [5.41, 5.74) is 2.69. The molecule has 1 aliphatic heterocycles. The molecule has 3 rings (SSSR count). The lowest BCUT2D eigenvalue weighted by Crippen LogP contribution is -2.44.